The molecule has 1 heterocycles. The lowest BCUT2D eigenvalue weighted by Gasteiger charge is -2.20. The van der Waals surface area contributed by atoms with Gasteiger partial charge in [0.1, 0.15) is 6.29 Å². The molecule has 0 spiro atoms. The third-order valence-electron chi connectivity index (χ3n) is 2.48. The molecule has 0 bridgehead atoms. The van der Waals surface area contributed by atoms with E-state index < -0.39 is 11.8 Å². The van der Waals surface area contributed by atoms with Crippen LogP contribution in [0, 0.1) is 5.92 Å². The molecule has 0 aromatic rings. The van der Waals surface area contributed by atoms with E-state index in [1.807, 2.05) is 0 Å². The van der Waals surface area contributed by atoms with Crippen molar-refractivity contribution in [1.29, 1.82) is 0 Å². The molecule has 1 atom stereocenters. The topological polar surface area (TPSA) is 57.7 Å². The van der Waals surface area contributed by atoms with E-state index in [4.69, 9.17) is 0 Å². The average Bonchev–Trinajstić information content (AvgIpc) is 2.34. The maximum Gasteiger partial charge on any atom is 0.312 e. The van der Waals surface area contributed by atoms with Crippen LogP contribution < -0.4 is 0 Å². The van der Waals surface area contributed by atoms with Gasteiger partial charge in [-0.25, -0.2) is 0 Å². The van der Waals surface area contributed by atoms with Crippen molar-refractivity contribution >= 4 is 18.1 Å². The fourth-order valence-corrected chi connectivity index (χ4v) is 1.57. The monoisotopic (exact) mass is 212 g/mol. The van der Waals surface area contributed by atoms with Crippen molar-refractivity contribution in [3.05, 3.63) is 0 Å². The van der Waals surface area contributed by atoms with E-state index in [1.165, 1.54) is 9.80 Å². The van der Waals surface area contributed by atoms with Crippen molar-refractivity contribution in [3.8, 4) is 0 Å². The van der Waals surface area contributed by atoms with Crippen molar-refractivity contribution in [3.63, 3.8) is 0 Å². The second kappa shape index (κ2) is 4.91. The molecule has 1 aliphatic rings. The lowest BCUT2D eigenvalue weighted by atomic mass is 10.2. The Morgan fingerprint density at radius 3 is 2.60 bits per heavy atom. The average molecular weight is 212 g/mol. The molecular formula is C10H16N2O3. The molecule has 1 aliphatic heterocycles. The zero-order valence-electron chi connectivity index (χ0n) is 9.10. The van der Waals surface area contributed by atoms with Crippen LogP contribution in [-0.4, -0.2) is 54.6 Å². The van der Waals surface area contributed by atoms with E-state index in [0.717, 1.165) is 12.7 Å². The molecule has 0 aliphatic carbocycles. The Kier molecular flexibility index (Phi) is 3.82. The number of carbonyl (C=O) groups excluding carboxylic acids is 3. The number of hydrogen-bond acceptors (Lipinski definition) is 3. The predicted molar refractivity (Wildman–Crippen MR) is 54.1 cm³/mol. The number of rotatable bonds is 3. The summed E-state index contributed by atoms with van der Waals surface area (Å²) in [6, 6.07) is 0. The van der Waals surface area contributed by atoms with E-state index in [9.17, 15) is 14.4 Å². The van der Waals surface area contributed by atoms with Crippen LogP contribution in [-0.2, 0) is 14.4 Å². The zero-order chi connectivity index (χ0) is 11.4. The lowest BCUT2D eigenvalue weighted by molar-refractivity contribution is -0.149. The summed E-state index contributed by atoms with van der Waals surface area (Å²) in [5, 5.41) is 0. The molecule has 1 unspecified atom stereocenters. The Hall–Kier alpha value is -1.39. The third kappa shape index (κ3) is 2.78. The summed E-state index contributed by atoms with van der Waals surface area (Å²) >= 11 is 0. The fourth-order valence-electron chi connectivity index (χ4n) is 1.57. The van der Waals surface area contributed by atoms with E-state index >= 15 is 0 Å². The van der Waals surface area contributed by atoms with Gasteiger partial charge in [0, 0.05) is 32.6 Å². The molecule has 0 radical (unpaired) electrons. The van der Waals surface area contributed by atoms with E-state index in [1.54, 1.807) is 14.0 Å². The van der Waals surface area contributed by atoms with Crippen LogP contribution >= 0.6 is 0 Å². The molecular weight excluding hydrogens is 196 g/mol. The number of likely N-dealkylation sites (N-methyl/N-ethyl adjacent to an activating group) is 1. The van der Waals surface area contributed by atoms with Crippen LogP contribution in [0.15, 0.2) is 0 Å². The molecule has 0 aromatic carbocycles. The fraction of sp³-hybridized carbons (Fsp3) is 0.700. The highest BCUT2D eigenvalue weighted by molar-refractivity contribution is 6.35. The van der Waals surface area contributed by atoms with Crippen molar-refractivity contribution < 1.29 is 14.4 Å². The maximum atomic E-state index is 11.6. The van der Waals surface area contributed by atoms with Gasteiger partial charge in [0.2, 0.25) is 0 Å². The van der Waals surface area contributed by atoms with Gasteiger partial charge in [0.25, 0.3) is 0 Å². The standard InChI is InChI=1S/C10H16N2O3/c1-8(7-13)6-12-5-3-4-11(2)9(14)10(12)15/h7-8H,3-6H2,1-2H3. The highest BCUT2D eigenvalue weighted by atomic mass is 16.2. The first kappa shape index (κ1) is 11.7. The summed E-state index contributed by atoms with van der Waals surface area (Å²) in [5.41, 5.74) is 0. The first-order valence-corrected chi connectivity index (χ1v) is 5.06. The lowest BCUT2D eigenvalue weighted by Crippen LogP contribution is -2.42. The summed E-state index contributed by atoms with van der Waals surface area (Å²) in [6.45, 7) is 3.21. The van der Waals surface area contributed by atoms with Gasteiger partial charge in [-0.3, -0.25) is 9.59 Å². The quantitative estimate of drug-likeness (QED) is 0.468. The summed E-state index contributed by atoms with van der Waals surface area (Å²) in [4.78, 5) is 36.5. The Morgan fingerprint density at radius 2 is 2.00 bits per heavy atom. The Bertz CT molecular complexity index is 278. The maximum absolute atomic E-state index is 11.6. The predicted octanol–water partition coefficient (Wildman–Crippen LogP) is -0.488. The van der Waals surface area contributed by atoms with Crippen LogP contribution in [0.4, 0.5) is 0 Å². The van der Waals surface area contributed by atoms with E-state index in [2.05, 4.69) is 0 Å². The van der Waals surface area contributed by atoms with E-state index in [-0.39, 0.29) is 5.92 Å². The number of hydrogen-bond donors (Lipinski definition) is 0. The summed E-state index contributed by atoms with van der Waals surface area (Å²) in [5.74, 6) is -1.19. The Balaban J connectivity index is 2.68. The van der Waals surface area contributed by atoms with Gasteiger partial charge < -0.3 is 14.6 Å². The molecule has 0 N–H and O–H groups in total. The second-order valence-electron chi connectivity index (χ2n) is 3.94. The summed E-state index contributed by atoms with van der Waals surface area (Å²) < 4.78 is 0. The van der Waals surface area contributed by atoms with E-state index in [0.29, 0.717) is 19.6 Å². The highest BCUT2D eigenvalue weighted by Crippen LogP contribution is 2.06. The number of carbonyl (C=O) groups is 3. The largest absolute Gasteiger partial charge is 0.337 e. The minimum Gasteiger partial charge on any atom is -0.337 e. The normalized spacial score (nSPS) is 20.1. The molecule has 2 amide bonds. The third-order valence-corrected chi connectivity index (χ3v) is 2.48. The van der Waals surface area contributed by atoms with Crippen molar-refractivity contribution in [2.24, 2.45) is 5.92 Å². The Morgan fingerprint density at radius 1 is 1.33 bits per heavy atom. The molecule has 0 saturated carbocycles. The number of aldehydes is 1. The molecule has 1 fully saturated rings. The van der Waals surface area contributed by atoms with Crippen molar-refractivity contribution in [2.45, 2.75) is 13.3 Å². The number of amides is 2. The molecule has 1 saturated heterocycles. The van der Waals surface area contributed by atoms with Crippen molar-refractivity contribution in [2.75, 3.05) is 26.7 Å². The molecule has 84 valence electrons. The van der Waals surface area contributed by atoms with Crippen LogP contribution in [0.5, 0.6) is 0 Å². The molecule has 5 heteroatoms. The van der Waals surface area contributed by atoms with Gasteiger partial charge in [-0.15, -0.1) is 0 Å². The van der Waals surface area contributed by atoms with Gasteiger partial charge in [0.05, 0.1) is 0 Å². The molecule has 1 rings (SSSR count). The van der Waals surface area contributed by atoms with Gasteiger partial charge in [-0.2, -0.15) is 0 Å². The molecule has 0 aromatic heterocycles. The summed E-state index contributed by atoms with van der Waals surface area (Å²) in [6.07, 6.45) is 1.56. The van der Waals surface area contributed by atoms with Crippen molar-refractivity contribution in [1.82, 2.24) is 9.80 Å². The van der Waals surface area contributed by atoms with Crippen LogP contribution in [0.3, 0.4) is 0 Å². The molecule has 15 heavy (non-hydrogen) atoms. The van der Waals surface area contributed by atoms with Crippen LogP contribution in [0.1, 0.15) is 13.3 Å². The van der Waals surface area contributed by atoms with Gasteiger partial charge in [-0.05, 0) is 6.42 Å². The zero-order valence-corrected chi connectivity index (χ0v) is 9.10. The van der Waals surface area contributed by atoms with Crippen LogP contribution in [0.25, 0.3) is 0 Å². The number of nitrogens with zero attached hydrogens (tertiary/aromatic N) is 2. The van der Waals surface area contributed by atoms with Crippen LogP contribution in [0.2, 0.25) is 0 Å². The summed E-state index contributed by atoms with van der Waals surface area (Å²) in [7, 11) is 1.62. The Labute approximate surface area is 89.0 Å². The minimum atomic E-state index is -0.497. The van der Waals surface area contributed by atoms with Gasteiger partial charge in [-0.1, -0.05) is 6.92 Å². The SMILES string of the molecule is CC(C=O)CN1CCCN(C)C(=O)C1=O. The van der Waals surface area contributed by atoms with Gasteiger partial charge in [0.15, 0.2) is 0 Å². The smallest absolute Gasteiger partial charge is 0.312 e. The first-order valence-electron chi connectivity index (χ1n) is 5.06. The minimum absolute atomic E-state index is 0.217. The first-order chi connectivity index (χ1) is 7.06. The second-order valence-corrected chi connectivity index (χ2v) is 3.94. The molecule has 5 nitrogen and oxygen atoms in total. The van der Waals surface area contributed by atoms with Gasteiger partial charge >= 0.3 is 11.8 Å². The highest BCUT2D eigenvalue weighted by Gasteiger charge is 2.28.